The second-order valence-corrected chi connectivity index (χ2v) is 8.08. The van der Waals surface area contributed by atoms with Crippen LogP contribution < -0.4 is 10.6 Å². The van der Waals surface area contributed by atoms with Gasteiger partial charge in [0.25, 0.3) is 0 Å². The highest BCUT2D eigenvalue weighted by molar-refractivity contribution is 8.13. The van der Waals surface area contributed by atoms with E-state index in [1.807, 2.05) is 20.8 Å². The Balaban J connectivity index is 3.25. The summed E-state index contributed by atoms with van der Waals surface area (Å²) >= 11 is 1.24. The van der Waals surface area contributed by atoms with Crippen molar-refractivity contribution < 1.29 is 23.9 Å². The molecule has 0 aromatic rings. The summed E-state index contributed by atoms with van der Waals surface area (Å²) in [6, 6.07) is -1.44. The fourth-order valence-corrected chi connectivity index (χ4v) is 4.41. The quantitative estimate of drug-likeness (QED) is 0.578. The summed E-state index contributed by atoms with van der Waals surface area (Å²) in [5.41, 5.74) is -0.668. The maximum Gasteiger partial charge on any atom is 0.322 e. The molecule has 7 nitrogen and oxygen atoms in total. The molecule has 1 aliphatic rings. The van der Waals surface area contributed by atoms with Gasteiger partial charge in [0, 0.05) is 26.0 Å². The van der Waals surface area contributed by atoms with Crippen LogP contribution in [0.1, 0.15) is 47.0 Å². The number of amides is 1. The van der Waals surface area contributed by atoms with Crippen molar-refractivity contribution in [3.8, 4) is 0 Å². The highest BCUT2D eigenvalue weighted by atomic mass is 32.2. The zero-order valence-corrected chi connectivity index (χ0v) is 17.4. The summed E-state index contributed by atoms with van der Waals surface area (Å²) in [5, 5.41) is 6.21. The summed E-state index contributed by atoms with van der Waals surface area (Å²) in [4.78, 5) is 36.6. The van der Waals surface area contributed by atoms with E-state index in [-0.39, 0.29) is 11.0 Å². The Kier molecular flexibility index (Phi) is 9.06. The molecule has 5 atom stereocenters. The highest BCUT2D eigenvalue weighted by Crippen LogP contribution is 2.34. The van der Waals surface area contributed by atoms with Gasteiger partial charge in [0.05, 0.1) is 18.8 Å². The molecule has 1 aliphatic heterocycles. The fraction of sp³-hybridized carbons (Fsp3) is 0.833. The molecule has 1 amide bonds. The summed E-state index contributed by atoms with van der Waals surface area (Å²) in [5.74, 6) is -0.353. The number of hydrogen-bond acceptors (Lipinski definition) is 7. The Morgan fingerprint density at radius 3 is 2.42 bits per heavy atom. The monoisotopic (exact) mass is 388 g/mol. The topological polar surface area (TPSA) is 93.7 Å². The van der Waals surface area contributed by atoms with Crippen LogP contribution in [0.25, 0.3) is 0 Å². The van der Waals surface area contributed by atoms with Crippen molar-refractivity contribution in [1.82, 2.24) is 10.6 Å². The Hall–Kier alpha value is -1.12. The van der Waals surface area contributed by atoms with Crippen LogP contribution in [0.15, 0.2) is 0 Å². The Bertz CT molecular complexity index is 516. The lowest BCUT2D eigenvalue weighted by atomic mass is 9.81. The van der Waals surface area contributed by atoms with E-state index in [0.717, 1.165) is 6.42 Å². The normalized spacial score (nSPS) is 26.0. The van der Waals surface area contributed by atoms with Crippen molar-refractivity contribution in [3.63, 3.8) is 0 Å². The Morgan fingerprint density at radius 2 is 1.96 bits per heavy atom. The van der Waals surface area contributed by atoms with Gasteiger partial charge in [0.15, 0.2) is 5.12 Å². The third-order valence-electron chi connectivity index (χ3n) is 4.98. The molecule has 0 radical (unpaired) electrons. The molecule has 0 aliphatic carbocycles. The smallest absolute Gasteiger partial charge is 0.322 e. The number of thioether (sulfide) groups is 1. The molecule has 2 N–H and O–H groups in total. The zero-order valence-electron chi connectivity index (χ0n) is 16.6. The maximum atomic E-state index is 12.7. The molecule has 1 saturated heterocycles. The molecule has 1 heterocycles. The minimum absolute atomic E-state index is 0.0155. The SMILES string of the molecule is CCC[C@](C)(OC)[C@H](NC(C)=O)[C@@H]1N[C@H](C(=O)OC)C[C@H]1C(=O)SCC. The lowest BCUT2D eigenvalue weighted by molar-refractivity contribution is -0.142. The van der Waals surface area contributed by atoms with Gasteiger partial charge in [-0.25, -0.2) is 0 Å². The highest BCUT2D eigenvalue weighted by Gasteiger charge is 2.50. The molecule has 8 heteroatoms. The minimum Gasteiger partial charge on any atom is -0.468 e. The van der Waals surface area contributed by atoms with Gasteiger partial charge in [-0.3, -0.25) is 19.7 Å². The number of methoxy groups -OCH3 is 2. The molecule has 0 spiro atoms. The van der Waals surface area contributed by atoms with Gasteiger partial charge < -0.3 is 14.8 Å². The number of ether oxygens (including phenoxy) is 2. The van der Waals surface area contributed by atoms with Crippen molar-refractivity contribution in [1.29, 1.82) is 0 Å². The van der Waals surface area contributed by atoms with Crippen molar-refractivity contribution in [2.24, 2.45) is 5.92 Å². The average molecular weight is 389 g/mol. The maximum absolute atomic E-state index is 12.7. The van der Waals surface area contributed by atoms with Crippen LogP contribution >= 0.6 is 11.8 Å². The summed E-state index contributed by atoms with van der Waals surface area (Å²) in [6.45, 7) is 7.33. The van der Waals surface area contributed by atoms with Crippen LogP contribution in [0.5, 0.6) is 0 Å². The zero-order chi connectivity index (χ0) is 19.9. The standard InChI is InChI=1S/C18H32N2O5S/c1-7-9-18(4,25-6)15(19-11(3)21)14-12(17(23)26-8-2)10-13(20-14)16(22)24-5/h12-15,20H,7-10H2,1-6H3,(H,19,21)/t12-,13+,14-,15-,18+/m1/s1. The molecule has 150 valence electrons. The second kappa shape index (κ2) is 10.3. The molecule has 0 saturated carbocycles. The van der Waals surface area contributed by atoms with Crippen LogP contribution in [-0.2, 0) is 23.9 Å². The van der Waals surface area contributed by atoms with Gasteiger partial charge in [-0.05, 0) is 25.5 Å². The first kappa shape index (κ1) is 22.9. The van der Waals surface area contributed by atoms with E-state index in [0.29, 0.717) is 18.6 Å². The Morgan fingerprint density at radius 1 is 1.31 bits per heavy atom. The summed E-state index contributed by atoms with van der Waals surface area (Å²) < 4.78 is 10.6. The molecular weight excluding hydrogens is 356 g/mol. The number of esters is 1. The van der Waals surface area contributed by atoms with Crippen LogP contribution in [0.4, 0.5) is 0 Å². The summed E-state index contributed by atoms with van der Waals surface area (Å²) in [7, 11) is 2.94. The van der Waals surface area contributed by atoms with E-state index in [9.17, 15) is 14.4 Å². The number of rotatable bonds is 9. The lowest BCUT2D eigenvalue weighted by Gasteiger charge is -2.41. The molecular formula is C18H32N2O5S. The van der Waals surface area contributed by atoms with Gasteiger partial charge in [0.2, 0.25) is 5.91 Å². The van der Waals surface area contributed by atoms with Gasteiger partial charge in [-0.2, -0.15) is 0 Å². The Labute approximate surface area is 160 Å². The third kappa shape index (κ3) is 5.44. The number of hydrogen-bond donors (Lipinski definition) is 2. The van der Waals surface area contributed by atoms with Crippen LogP contribution in [0, 0.1) is 5.92 Å². The molecule has 26 heavy (non-hydrogen) atoms. The average Bonchev–Trinajstić information content (AvgIpc) is 3.04. The molecule has 0 unspecified atom stereocenters. The fourth-order valence-electron chi connectivity index (χ4n) is 3.67. The van der Waals surface area contributed by atoms with Gasteiger partial charge in [-0.1, -0.05) is 32.0 Å². The largest absolute Gasteiger partial charge is 0.468 e. The third-order valence-corrected chi connectivity index (χ3v) is 5.86. The summed E-state index contributed by atoms with van der Waals surface area (Å²) in [6.07, 6.45) is 1.92. The number of carbonyl (C=O) groups excluding carboxylic acids is 3. The van der Waals surface area contributed by atoms with Crippen molar-refractivity contribution in [2.45, 2.75) is 70.7 Å². The minimum atomic E-state index is -0.668. The van der Waals surface area contributed by atoms with E-state index < -0.39 is 35.6 Å². The molecule has 0 bridgehead atoms. The van der Waals surface area contributed by atoms with Crippen LogP contribution in [0.2, 0.25) is 0 Å². The van der Waals surface area contributed by atoms with Crippen molar-refractivity contribution >= 4 is 28.8 Å². The molecule has 1 fully saturated rings. The first-order valence-electron chi connectivity index (χ1n) is 9.06. The number of carbonyl (C=O) groups is 3. The second-order valence-electron chi connectivity index (χ2n) is 6.81. The molecule has 0 aromatic heterocycles. The van der Waals surface area contributed by atoms with Crippen molar-refractivity contribution in [2.75, 3.05) is 20.0 Å². The van der Waals surface area contributed by atoms with Crippen LogP contribution in [0.3, 0.4) is 0 Å². The lowest BCUT2D eigenvalue weighted by Crippen LogP contribution is -2.63. The molecule has 0 aromatic carbocycles. The predicted molar refractivity (Wildman–Crippen MR) is 102 cm³/mol. The van der Waals surface area contributed by atoms with Crippen molar-refractivity contribution in [3.05, 3.63) is 0 Å². The first-order valence-corrected chi connectivity index (χ1v) is 10.0. The van der Waals surface area contributed by atoms with E-state index >= 15 is 0 Å². The molecule has 1 rings (SSSR count). The predicted octanol–water partition coefficient (Wildman–Crippen LogP) is 1.50. The van der Waals surface area contributed by atoms with E-state index in [4.69, 9.17) is 9.47 Å². The van der Waals surface area contributed by atoms with E-state index in [1.54, 1.807) is 7.11 Å². The number of nitrogens with one attached hydrogen (secondary N) is 2. The van der Waals surface area contributed by atoms with Crippen LogP contribution in [-0.4, -0.2) is 60.7 Å². The van der Waals surface area contributed by atoms with Gasteiger partial charge >= 0.3 is 5.97 Å². The first-order chi connectivity index (χ1) is 12.2. The van der Waals surface area contributed by atoms with Gasteiger partial charge in [-0.15, -0.1) is 0 Å². The van der Waals surface area contributed by atoms with Gasteiger partial charge in [0.1, 0.15) is 6.04 Å². The van der Waals surface area contributed by atoms with E-state index in [1.165, 1.54) is 25.8 Å². The van der Waals surface area contributed by atoms with E-state index in [2.05, 4.69) is 10.6 Å².